The molecule has 1 N–H and O–H groups in total. The minimum Gasteiger partial charge on any atom is -0.292 e. The summed E-state index contributed by atoms with van der Waals surface area (Å²) in [6.45, 7) is 9.41. The Bertz CT molecular complexity index is 1260. The van der Waals surface area contributed by atoms with Gasteiger partial charge in [0.05, 0.1) is 28.3 Å². The second kappa shape index (κ2) is 6.94. The number of halogens is 3. The molecular weight excluding hydrogens is 446 g/mol. The van der Waals surface area contributed by atoms with Gasteiger partial charge < -0.3 is 0 Å². The lowest BCUT2D eigenvalue weighted by atomic mass is 10.2. The SMILES string of the molecule is [C-]#[N+]C1(NS(=O)(=O)c2cc(Cl)c3c(c2)c(-c2nnc(C(F)F)s2)nn3CC)CC1. The van der Waals surface area contributed by atoms with Crippen LogP contribution in [0.3, 0.4) is 0 Å². The Kier molecular flexibility index (Phi) is 4.81. The molecule has 1 aliphatic rings. The van der Waals surface area contributed by atoms with Crippen LogP contribution in [-0.4, -0.2) is 34.1 Å². The van der Waals surface area contributed by atoms with Crippen molar-refractivity contribution in [3.8, 4) is 10.7 Å². The third kappa shape index (κ3) is 3.48. The molecule has 0 unspecified atom stereocenters. The van der Waals surface area contributed by atoms with Crippen molar-refractivity contribution in [1.29, 1.82) is 0 Å². The Hall–Kier alpha value is -2.20. The number of aryl methyl sites for hydroxylation is 1. The van der Waals surface area contributed by atoms with E-state index in [1.54, 1.807) is 4.68 Å². The smallest absolute Gasteiger partial charge is 0.292 e. The molecule has 2 aromatic heterocycles. The van der Waals surface area contributed by atoms with E-state index in [1.165, 1.54) is 12.1 Å². The molecule has 0 amide bonds. The number of hydrogen-bond donors (Lipinski definition) is 1. The molecule has 0 radical (unpaired) electrons. The van der Waals surface area contributed by atoms with Gasteiger partial charge in [-0.2, -0.15) is 5.10 Å². The van der Waals surface area contributed by atoms with Crippen LogP contribution in [-0.2, 0) is 16.6 Å². The molecule has 0 bridgehead atoms. The van der Waals surface area contributed by atoms with Crippen LogP contribution < -0.4 is 4.72 Å². The molecular formula is C16H13ClF2N6O2S2. The van der Waals surface area contributed by atoms with E-state index in [9.17, 15) is 17.2 Å². The molecule has 8 nitrogen and oxygen atoms in total. The highest BCUT2D eigenvalue weighted by molar-refractivity contribution is 7.89. The average Bonchev–Trinajstić information content (AvgIpc) is 3.10. The maximum Gasteiger partial charge on any atom is 0.299 e. The third-order valence-corrected chi connectivity index (χ3v) is 7.20. The van der Waals surface area contributed by atoms with Gasteiger partial charge in [-0.3, -0.25) is 9.53 Å². The fourth-order valence-electron chi connectivity index (χ4n) is 2.87. The number of hydrogen-bond acceptors (Lipinski definition) is 6. The van der Waals surface area contributed by atoms with Gasteiger partial charge in [-0.05, 0) is 19.1 Å². The number of rotatable bonds is 6. The molecule has 0 aliphatic heterocycles. The summed E-state index contributed by atoms with van der Waals surface area (Å²) < 4.78 is 55.4. The average molecular weight is 459 g/mol. The Morgan fingerprint density at radius 1 is 1.41 bits per heavy atom. The van der Waals surface area contributed by atoms with E-state index < -0.39 is 27.1 Å². The predicted molar refractivity (Wildman–Crippen MR) is 103 cm³/mol. The normalized spacial score (nSPS) is 15.7. The highest BCUT2D eigenvalue weighted by Crippen LogP contribution is 2.40. The first-order valence-corrected chi connectivity index (χ1v) is 11.1. The highest BCUT2D eigenvalue weighted by Gasteiger charge is 2.54. The van der Waals surface area contributed by atoms with Gasteiger partial charge in [-0.15, -0.1) is 14.9 Å². The summed E-state index contributed by atoms with van der Waals surface area (Å²) in [4.78, 5) is 3.21. The van der Waals surface area contributed by atoms with Crippen molar-refractivity contribution >= 4 is 43.9 Å². The number of fused-ring (bicyclic) bond motifs is 1. The standard InChI is InChI=1S/C16H13ClF2N6O2S2/c1-3-25-12-9(11(23-25)14-21-22-15(28-14)13(18)19)6-8(7-10(12)17)29(26,27)24-16(20-2)4-5-16/h6-7,13,24H,3-5H2,1H3. The molecule has 1 aliphatic carbocycles. The lowest BCUT2D eigenvalue weighted by molar-refractivity contribution is 0.150. The van der Waals surface area contributed by atoms with Crippen molar-refractivity contribution in [2.75, 3.05) is 0 Å². The van der Waals surface area contributed by atoms with Crippen LogP contribution in [0.25, 0.3) is 26.4 Å². The largest absolute Gasteiger partial charge is 0.299 e. The van der Waals surface area contributed by atoms with Crippen molar-refractivity contribution in [3.05, 3.63) is 33.6 Å². The van der Waals surface area contributed by atoms with Gasteiger partial charge in [0.25, 0.3) is 12.1 Å². The van der Waals surface area contributed by atoms with Crippen LogP contribution in [0, 0.1) is 6.57 Å². The van der Waals surface area contributed by atoms with E-state index in [2.05, 4.69) is 24.9 Å². The Balaban J connectivity index is 1.88. The van der Waals surface area contributed by atoms with Gasteiger partial charge in [0.15, 0.2) is 10.0 Å². The topological polar surface area (TPSA) is 94.1 Å². The molecule has 2 heterocycles. The minimum atomic E-state index is -4.02. The van der Waals surface area contributed by atoms with Crippen molar-refractivity contribution in [2.45, 2.75) is 43.3 Å². The maximum absolute atomic E-state index is 12.9. The predicted octanol–water partition coefficient (Wildman–Crippen LogP) is 3.85. The number of nitrogens with zero attached hydrogens (tertiary/aromatic N) is 5. The van der Waals surface area contributed by atoms with Crippen LogP contribution in [0.15, 0.2) is 17.0 Å². The molecule has 152 valence electrons. The molecule has 0 atom stereocenters. The molecule has 3 aromatic rings. The number of sulfonamides is 1. The van der Waals surface area contributed by atoms with Crippen molar-refractivity contribution < 1.29 is 17.2 Å². The van der Waals surface area contributed by atoms with Crippen LogP contribution in [0.4, 0.5) is 8.78 Å². The highest BCUT2D eigenvalue weighted by atomic mass is 35.5. The number of benzene rings is 1. The molecule has 1 aromatic carbocycles. The summed E-state index contributed by atoms with van der Waals surface area (Å²) in [5, 5.41) is 11.8. The monoisotopic (exact) mass is 458 g/mol. The molecule has 4 rings (SSSR count). The van der Waals surface area contributed by atoms with Gasteiger partial charge in [0, 0.05) is 11.9 Å². The van der Waals surface area contributed by atoms with Crippen LogP contribution in [0.2, 0.25) is 5.02 Å². The van der Waals surface area contributed by atoms with Crippen molar-refractivity contribution in [3.63, 3.8) is 0 Å². The molecule has 0 spiro atoms. The van der Waals surface area contributed by atoms with E-state index in [-0.39, 0.29) is 20.6 Å². The molecule has 1 saturated carbocycles. The molecule has 0 saturated heterocycles. The lowest BCUT2D eigenvalue weighted by Gasteiger charge is -2.09. The van der Waals surface area contributed by atoms with Crippen molar-refractivity contribution in [1.82, 2.24) is 24.7 Å². The first kappa shape index (κ1) is 20.1. The second-order valence-electron chi connectivity index (χ2n) is 6.46. The fraction of sp³-hybridized carbons (Fsp3) is 0.375. The van der Waals surface area contributed by atoms with E-state index in [1.807, 2.05) is 6.92 Å². The van der Waals surface area contributed by atoms with Crippen LogP contribution in [0.5, 0.6) is 0 Å². The Morgan fingerprint density at radius 2 is 2.14 bits per heavy atom. The summed E-state index contributed by atoms with van der Waals surface area (Å²) in [6, 6.07) is 2.65. The summed E-state index contributed by atoms with van der Waals surface area (Å²) in [5.41, 5.74) is -0.429. The molecule has 29 heavy (non-hydrogen) atoms. The van der Waals surface area contributed by atoms with Crippen LogP contribution >= 0.6 is 22.9 Å². The quantitative estimate of drug-likeness (QED) is 0.566. The summed E-state index contributed by atoms with van der Waals surface area (Å²) in [6.07, 6.45) is -1.90. The van der Waals surface area contributed by atoms with Gasteiger partial charge in [-0.25, -0.2) is 23.8 Å². The minimum absolute atomic E-state index is 0.134. The second-order valence-corrected chi connectivity index (χ2v) is 9.56. The van der Waals surface area contributed by atoms with Crippen LogP contribution in [0.1, 0.15) is 31.2 Å². The summed E-state index contributed by atoms with van der Waals surface area (Å²) in [7, 11) is -4.02. The van der Waals surface area contributed by atoms with Gasteiger partial charge >= 0.3 is 0 Å². The Morgan fingerprint density at radius 3 is 2.69 bits per heavy atom. The maximum atomic E-state index is 12.9. The zero-order chi connectivity index (χ0) is 21.0. The first-order valence-electron chi connectivity index (χ1n) is 8.44. The lowest BCUT2D eigenvalue weighted by Crippen LogP contribution is -2.34. The fourth-order valence-corrected chi connectivity index (χ4v) is 5.36. The van der Waals surface area contributed by atoms with E-state index in [4.69, 9.17) is 18.2 Å². The van der Waals surface area contributed by atoms with E-state index in [0.717, 1.165) is 0 Å². The van der Waals surface area contributed by atoms with E-state index >= 15 is 0 Å². The Labute approximate surface area is 173 Å². The summed E-state index contributed by atoms with van der Waals surface area (Å²) >= 11 is 7.04. The zero-order valence-electron chi connectivity index (χ0n) is 14.9. The third-order valence-electron chi connectivity index (χ3n) is 4.47. The first-order chi connectivity index (χ1) is 13.7. The van der Waals surface area contributed by atoms with Gasteiger partial charge in [0.2, 0.25) is 10.0 Å². The number of nitrogens with one attached hydrogen (secondary N) is 1. The molecule has 1 fully saturated rings. The zero-order valence-corrected chi connectivity index (χ0v) is 17.2. The van der Waals surface area contributed by atoms with E-state index in [0.29, 0.717) is 41.6 Å². The van der Waals surface area contributed by atoms with Gasteiger partial charge in [-0.1, -0.05) is 22.9 Å². The van der Waals surface area contributed by atoms with Crippen molar-refractivity contribution in [2.24, 2.45) is 0 Å². The number of aromatic nitrogens is 4. The van der Waals surface area contributed by atoms with Gasteiger partial charge in [0.1, 0.15) is 5.69 Å². The molecule has 13 heteroatoms. The number of alkyl halides is 2. The summed E-state index contributed by atoms with van der Waals surface area (Å²) in [5.74, 6) is 0.